The van der Waals surface area contributed by atoms with Gasteiger partial charge >= 0.3 is 12.0 Å². The van der Waals surface area contributed by atoms with E-state index in [1.54, 1.807) is 0 Å². The van der Waals surface area contributed by atoms with Crippen molar-refractivity contribution in [3.8, 4) is 6.01 Å². The second-order valence-corrected chi connectivity index (χ2v) is 3.80. The van der Waals surface area contributed by atoms with Gasteiger partial charge in [0.2, 0.25) is 0 Å². The second-order valence-electron chi connectivity index (χ2n) is 3.80. The van der Waals surface area contributed by atoms with E-state index in [2.05, 4.69) is 17.0 Å². The molecule has 1 aliphatic heterocycles. The van der Waals surface area contributed by atoms with Crippen molar-refractivity contribution < 1.29 is 14.4 Å². The van der Waals surface area contributed by atoms with Crippen molar-refractivity contribution in [1.29, 1.82) is 0 Å². The van der Waals surface area contributed by atoms with E-state index >= 15 is 0 Å². The van der Waals surface area contributed by atoms with Gasteiger partial charge in [-0.25, -0.2) is 0 Å². The van der Waals surface area contributed by atoms with Gasteiger partial charge in [0, 0.05) is 11.7 Å². The summed E-state index contributed by atoms with van der Waals surface area (Å²) in [7, 11) is 0. The number of nitro groups is 1. The fraction of sp³-hybridized carbons (Fsp3) is 0.778. The fourth-order valence-corrected chi connectivity index (χ4v) is 1.53. The summed E-state index contributed by atoms with van der Waals surface area (Å²) in [5, 5.41) is 14.1. The molecule has 94 valence electrons. The second kappa shape index (κ2) is 5.09. The molecule has 0 N–H and O–H groups in total. The van der Waals surface area contributed by atoms with Crippen molar-refractivity contribution in [2.24, 2.45) is 0 Å². The lowest BCUT2D eigenvalue weighted by atomic mass is 10.3. The highest BCUT2D eigenvalue weighted by Gasteiger charge is 2.33. The van der Waals surface area contributed by atoms with Crippen LogP contribution in [0.4, 0.5) is 5.95 Å². The average molecular weight is 242 g/mol. The number of unbranched alkanes of at least 4 members (excludes halogenated alkanes) is 1. The van der Waals surface area contributed by atoms with Gasteiger partial charge in [-0.3, -0.25) is 0 Å². The van der Waals surface area contributed by atoms with Crippen LogP contribution in [0, 0.1) is 10.1 Å². The summed E-state index contributed by atoms with van der Waals surface area (Å²) in [4.78, 5) is 13.4. The number of ether oxygens (including phenoxy) is 2. The number of hydrogen-bond donors (Lipinski definition) is 0. The first kappa shape index (κ1) is 11.8. The largest absolute Gasteiger partial charge is 0.494 e. The van der Waals surface area contributed by atoms with Crippen LogP contribution in [0.1, 0.15) is 19.8 Å². The van der Waals surface area contributed by atoms with Gasteiger partial charge in [-0.2, -0.15) is 0 Å². The Bertz CT molecular complexity index is 382. The van der Waals surface area contributed by atoms with E-state index in [1.165, 1.54) is 4.68 Å². The van der Waals surface area contributed by atoms with Gasteiger partial charge in [0.05, 0.1) is 6.61 Å². The first-order valence-corrected chi connectivity index (χ1v) is 5.54. The Kier molecular flexibility index (Phi) is 3.52. The summed E-state index contributed by atoms with van der Waals surface area (Å²) in [5.41, 5.74) is 0. The van der Waals surface area contributed by atoms with Gasteiger partial charge in [-0.15, -0.1) is 4.68 Å². The van der Waals surface area contributed by atoms with E-state index in [0.29, 0.717) is 19.8 Å². The summed E-state index contributed by atoms with van der Waals surface area (Å²) in [5.74, 6) is -0.426. The van der Waals surface area contributed by atoms with E-state index in [0.717, 1.165) is 12.8 Å². The SMILES string of the molecule is CCCCOC[C@H]1Cn2nc([N+](=O)[O-])nc2O1. The molecule has 0 aliphatic carbocycles. The Morgan fingerprint density at radius 3 is 3.18 bits per heavy atom. The minimum absolute atomic E-state index is 0.150. The molecule has 1 aliphatic rings. The molecule has 0 saturated heterocycles. The van der Waals surface area contributed by atoms with Crippen molar-refractivity contribution in [2.45, 2.75) is 32.4 Å². The smallest absolute Gasteiger partial charge is 0.443 e. The zero-order chi connectivity index (χ0) is 12.3. The molecule has 1 aromatic rings. The van der Waals surface area contributed by atoms with Gasteiger partial charge in [-0.05, 0) is 16.3 Å². The maximum atomic E-state index is 10.4. The number of nitrogens with zero attached hydrogens (tertiary/aromatic N) is 4. The highest BCUT2D eigenvalue weighted by Crippen LogP contribution is 2.21. The summed E-state index contributed by atoms with van der Waals surface area (Å²) in [6, 6.07) is 0.195. The minimum Gasteiger partial charge on any atom is -0.443 e. The summed E-state index contributed by atoms with van der Waals surface area (Å²) < 4.78 is 12.2. The Balaban J connectivity index is 1.81. The predicted octanol–water partition coefficient (Wildman–Crippen LogP) is 0.764. The maximum Gasteiger partial charge on any atom is 0.494 e. The van der Waals surface area contributed by atoms with Crippen LogP contribution in [0.5, 0.6) is 6.01 Å². The molecular formula is C9H14N4O4. The molecule has 2 rings (SSSR count). The quantitative estimate of drug-likeness (QED) is 0.415. The van der Waals surface area contributed by atoms with Gasteiger partial charge in [-0.1, -0.05) is 13.3 Å². The summed E-state index contributed by atoms with van der Waals surface area (Å²) in [6.07, 6.45) is 1.95. The first-order valence-electron chi connectivity index (χ1n) is 5.54. The van der Waals surface area contributed by atoms with E-state index in [9.17, 15) is 10.1 Å². The molecular weight excluding hydrogens is 228 g/mol. The molecule has 0 unspecified atom stereocenters. The van der Waals surface area contributed by atoms with Crippen LogP contribution in [0.3, 0.4) is 0 Å². The van der Waals surface area contributed by atoms with Gasteiger partial charge in [0.25, 0.3) is 0 Å². The van der Waals surface area contributed by atoms with E-state index in [4.69, 9.17) is 9.47 Å². The highest BCUT2D eigenvalue weighted by atomic mass is 16.6. The highest BCUT2D eigenvalue weighted by molar-refractivity contribution is 5.11. The third-order valence-electron chi connectivity index (χ3n) is 2.38. The van der Waals surface area contributed by atoms with Crippen LogP contribution in [0.15, 0.2) is 0 Å². The molecule has 17 heavy (non-hydrogen) atoms. The third-order valence-corrected chi connectivity index (χ3v) is 2.38. The van der Waals surface area contributed by atoms with Crippen LogP contribution in [-0.2, 0) is 11.3 Å². The third kappa shape index (κ3) is 2.70. The predicted molar refractivity (Wildman–Crippen MR) is 56.8 cm³/mol. The number of fused-ring (bicyclic) bond motifs is 1. The van der Waals surface area contributed by atoms with Gasteiger partial charge < -0.3 is 19.6 Å². The monoisotopic (exact) mass is 242 g/mol. The average Bonchev–Trinajstić information content (AvgIpc) is 2.81. The molecule has 1 aromatic heterocycles. The number of rotatable bonds is 6. The summed E-state index contributed by atoms with van der Waals surface area (Å²) >= 11 is 0. The van der Waals surface area contributed by atoms with Gasteiger partial charge in [0.1, 0.15) is 12.6 Å². The Morgan fingerprint density at radius 2 is 2.53 bits per heavy atom. The lowest BCUT2D eigenvalue weighted by Crippen LogP contribution is -2.22. The molecule has 0 radical (unpaired) electrons. The molecule has 1 atom stereocenters. The molecule has 0 saturated carbocycles. The molecule has 0 amide bonds. The Morgan fingerprint density at radius 1 is 1.71 bits per heavy atom. The van der Waals surface area contributed by atoms with Gasteiger partial charge in [0.15, 0.2) is 0 Å². The van der Waals surface area contributed by atoms with Crippen LogP contribution in [-0.4, -0.2) is 39.0 Å². The van der Waals surface area contributed by atoms with Crippen LogP contribution >= 0.6 is 0 Å². The van der Waals surface area contributed by atoms with Crippen molar-refractivity contribution in [2.75, 3.05) is 13.2 Å². The zero-order valence-electron chi connectivity index (χ0n) is 9.53. The maximum absolute atomic E-state index is 10.4. The molecule has 0 bridgehead atoms. The Hall–Kier alpha value is -1.70. The Labute approximate surface area is 97.7 Å². The lowest BCUT2D eigenvalue weighted by Gasteiger charge is -2.08. The lowest BCUT2D eigenvalue weighted by molar-refractivity contribution is -0.394. The van der Waals surface area contributed by atoms with Crippen molar-refractivity contribution >= 4 is 5.95 Å². The van der Waals surface area contributed by atoms with E-state index in [1.807, 2.05) is 0 Å². The van der Waals surface area contributed by atoms with Crippen LogP contribution in [0.25, 0.3) is 0 Å². The molecule has 0 fully saturated rings. The molecule has 8 heteroatoms. The van der Waals surface area contributed by atoms with E-state index in [-0.39, 0.29) is 12.1 Å². The van der Waals surface area contributed by atoms with E-state index < -0.39 is 10.9 Å². The minimum atomic E-state index is -0.637. The number of hydrogen-bond acceptors (Lipinski definition) is 6. The van der Waals surface area contributed by atoms with Crippen molar-refractivity contribution in [3.63, 3.8) is 0 Å². The summed E-state index contributed by atoms with van der Waals surface area (Å²) in [6.45, 7) is 3.70. The standard InChI is InChI=1S/C9H14N4O4/c1-2-3-4-16-6-7-5-12-9(17-7)10-8(11-12)13(14)15/h7H,2-6H2,1H3/t7-/m1/s1. The van der Waals surface area contributed by atoms with Crippen molar-refractivity contribution in [1.82, 2.24) is 14.8 Å². The normalized spacial score (nSPS) is 17.8. The fourth-order valence-electron chi connectivity index (χ4n) is 1.53. The van der Waals surface area contributed by atoms with Crippen LogP contribution < -0.4 is 4.74 Å². The molecule has 0 aromatic carbocycles. The number of aromatic nitrogens is 3. The molecule has 8 nitrogen and oxygen atoms in total. The van der Waals surface area contributed by atoms with Crippen LogP contribution in [0.2, 0.25) is 0 Å². The molecule has 0 spiro atoms. The zero-order valence-corrected chi connectivity index (χ0v) is 9.53. The molecule has 2 heterocycles. The topological polar surface area (TPSA) is 92.3 Å². The van der Waals surface area contributed by atoms with Crippen molar-refractivity contribution in [3.05, 3.63) is 10.1 Å². The first-order chi connectivity index (χ1) is 8.20.